The zero-order chi connectivity index (χ0) is 14.6. The molecule has 0 amide bonds. The summed E-state index contributed by atoms with van der Waals surface area (Å²) in [4.78, 5) is 14.0. The van der Waals surface area contributed by atoms with E-state index in [1.807, 2.05) is 0 Å². The van der Waals surface area contributed by atoms with E-state index < -0.39 is 24.6 Å². The largest absolute Gasteiger partial charge is 0.574 e. The van der Waals surface area contributed by atoms with Gasteiger partial charge in [0.2, 0.25) is 5.88 Å². The van der Waals surface area contributed by atoms with Crippen LogP contribution in [0.25, 0.3) is 0 Å². The monoisotopic (exact) mass is 280 g/mol. The normalized spacial score (nSPS) is 11.2. The molecule has 0 aliphatic rings. The van der Waals surface area contributed by atoms with E-state index in [1.165, 1.54) is 13.2 Å². The van der Waals surface area contributed by atoms with Crippen LogP contribution in [0.2, 0.25) is 0 Å². The highest BCUT2D eigenvalue weighted by Gasteiger charge is 2.33. The summed E-state index contributed by atoms with van der Waals surface area (Å²) in [5, 5.41) is 8.61. The van der Waals surface area contributed by atoms with Crippen molar-refractivity contribution in [1.29, 1.82) is 0 Å². The van der Waals surface area contributed by atoms with Gasteiger partial charge in [0.05, 0.1) is 24.8 Å². The van der Waals surface area contributed by atoms with E-state index in [9.17, 15) is 18.0 Å². The molecule has 0 saturated carbocycles. The third kappa shape index (κ3) is 4.28. The van der Waals surface area contributed by atoms with Crippen molar-refractivity contribution in [2.45, 2.75) is 19.3 Å². The predicted molar refractivity (Wildman–Crippen MR) is 56.7 cm³/mol. The van der Waals surface area contributed by atoms with E-state index >= 15 is 0 Å². The molecule has 19 heavy (non-hydrogen) atoms. The van der Waals surface area contributed by atoms with E-state index in [-0.39, 0.29) is 23.6 Å². The van der Waals surface area contributed by atoms with Gasteiger partial charge >= 0.3 is 12.3 Å². The van der Waals surface area contributed by atoms with Gasteiger partial charge in [-0.15, -0.1) is 13.2 Å². The van der Waals surface area contributed by atoms with Gasteiger partial charge in [-0.2, -0.15) is 0 Å². The van der Waals surface area contributed by atoms with E-state index in [4.69, 9.17) is 15.6 Å². The maximum Gasteiger partial charge on any atom is 0.574 e. The second-order valence-corrected chi connectivity index (χ2v) is 3.42. The lowest BCUT2D eigenvalue weighted by Gasteiger charge is -2.15. The first-order chi connectivity index (χ1) is 8.76. The van der Waals surface area contributed by atoms with Crippen LogP contribution in [-0.2, 0) is 17.8 Å². The number of carboxylic acid groups (broad SMARTS) is 1. The zero-order valence-corrected chi connectivity index (χ0v) is 9.82. The van der Waals surface area contributed by atoms with Gasteiger partial charge in [0.25, 0.3) is 0 Å². The van der Waals surface area contributed by atoms with Gasteiger partial charge in [-0.25, -0.2) is 4.98 Å². The van der Waals surface area contributed by atoms with Gasteiger partial charge in [-0.1, -0.05) is 0 Å². The first-order valence-corrected chi connectivity index (χ1v) is 5.01. The summed E-state index contributed by atoms with van der Waals surface area (Å²) >= 11 is 0. The van der Waals surface area contributed by atoms with Crippen LogP contribution < -0.4 is 15.2 Å². The summed E-state index contributed by atoms with van der Waals surface area (Å²) in [6, 6.07) is 1.21. The summed E-state index contributed by atoms with van der Waals surface area (Å²) in [6.07, 6.45) is -5.51. The number of hydrogen-bond donors (Lipinski definition) is 2. The summed E-state index contributed by atoms with van der Waals surface area (Å²) < 4.78 is 45.3. The fourth-order valence-electron chi connectivity index (χ4n) is 1.38. The molecule has 3 N–H and O–H groups in total. The first-order valence-electron chi connectivity index (χ1n) is 5.01. The van der Waals surface area contributed by atoms with Gasteiger partial charge in [-0.3, -0.25) is 4.79 Å². The molecule has 106 valence electrons. The molecule has 6 nitrogen and oxygen atoms in total. The molecule has 0 atom stereocenters. The number of aromatic nitrogens is 1. The first kappa shape index (κ1) is 15.0. The van der Waals surface area contributed by atoms with Crippen LogP contribution in [0, 0.1) is 0 Å². The lowest BCUT2D eigenvalue weighted by atomic mass is 10.2. The van der Waals surface area contributed by atoms with Crippen molar-refractivity contribution in [1.82, 2.24) is 4.98 Å². The number of rotatable bonds is 5. The predicted octanol–water partition coefficient (Wildman–Crippen LogP) is 1.07. The average molecular weight is 280 g/mol. The molecule has 0 bridgehead atoms. The quantitative estimate of drug-likeness (QED) is 0.838. The number of hydrogen-bond acceptors (Lipinski definition) is 5. The fourth-order valence-corrected chi connectivity index (χ4v) is 1.38. The number of nitrogens with zero attached hydrogens (tertiary/aromatic N) is 1. The highest BCUT2D eigenvalue weighted by Crippen LogP contribution is 2.31. The molecule has 9 heteroatoms. The molecular weight excluding hydrogens is 269 g/mol. The Bertz CT molecular complexity index is 477. The number of carbonyl (C=O) groups is 1. The molecule has 0 aliphatic carbocycles. The standard InChI is InChI=1S/C10H11F3N2O4/c1-18-7-2-5(3-8(16)17)15-9(6(7)4-14)19-10(11,12)13/h2H,3-4,14H2,1H3,(H,16,17). The molecule has 0 fully saturated rings. The smallest absolute Gasteiger partial charge is 0.496 e. The molecule has 0 aliphatic heterocycles. The third-order valence-electron chi connectivity index (χ3n) is 2.07. The number of pyridine rings is 1. The number of alkyl halides is 3. The Labute approximate surface area is 105 Å². The minimum Gasteiger partial charge on any atom is -0.496 e. The molecule has 1 heterocycles. The van der Waals surface area contributed by atoms with Gasteiger partial charge in [0.15, 0.2) is 0 Å². The third-order valence-corrected chi connectivity index (χ3v) is 2.07. The van der Waals surface area contributed by atoms with Crippen molar-refractivity contribution < 1.29 is 32.5 Å². The Morgan fingerprint density at radius 3 is 2.58 bits per heavy atom. The fraction of sp³-hybridized carbons (Fsp3) is 0.400. The lowest BCUT2D eigenvalue weighted by molar-refractivity contribution is -0.276. The van der Waals surface area contributed by atoms with Gasteiger partial charge in [0, 0.05) is 12.6 Å². The Morgan fingerprint density at radius 2 is 2.16 bits per heavy atom. The second-order valence-electron chi connectivity index (χ2n) is 3.42. The van der Waals surface area contributed by atoms with E-state index in [2.05, 4.69) is 9.72 Å². The molecule has 0 aromatic carbocycles. The molecule has 1 aromatic heterocycles. The average Bonchev–Trinajstić information content (AvgIpc) is 2.25. The van der Waals surface area contributed by atoms with Crippen molar-refractivity contribution in [3.63, 3.8) is 0 Å². The van der Waals surface area contributed by atoms with Crippen LogP contribution in [0.5, 0.6) is 11.6 Å². The molecule has 0 spiro atoms. The number of aliphatic carboxylic acids is 1. The highest BCUT2D eigenvalue weighted by atomic mass is 19.4. The Kier molecular flexibility index (Phi) is 4.54. The second kappa shape index (κ2) is 5.74. The molecule has 0 radical (unpaired) electrons. The van der Waals surface area contributed by atoms with E-state index in [0.717, 1.165) is 0 Å². The van der Waals surface area contributed by atoms with E-state index in [1.54, 1.807) is 0 Å². The van der Waals surface area contributed by atoms with Crippen LogP contribution in [0.3, 0.4) is 0 Å². The topological polar surface area (TPSA) is 94.7 Å². The van der Waals surface area contributed by atoms with Gasteiger partial charge in [-0.05, 0) is 0 Å². The van der Waals surface area contributed by atoms with Crippen molar-refractivity contribution in [2.75, 3.05) is 7.11 Å². The zero-order valence-electron chi connectivity index (χ0n) is 9.82. The number of carboxylic acids is 1. The summed E-state index contributed by atoms with van der Waals surface area (Å²) in [7, 11) is 1.22. The molecule has 0 unspecified atom stereocenters. The van der Waals surface area contributed by atoms with Crippen LogP contribution in [0.15, 0.2) is 6.07 Å². The van der Waals surface area contributed by atoms with Crippen LogP contribution >= 0.6 is 0 Å². The molecule has 1 rings (SSSR count). The maximum absolute atomic E-state index is 12.2. The van der Waals surface area contributed by atoms with Crippen LogP contribution in [0.4, 0.5) is 13.2 Å². The minimum atomic E-state index is -4.95. The van der Waals surface area contributed by atoms with Crippen molar-refractivity contribution >= 4 is 5.97 Å². The molecule has 1 aromatic rings. The summed E-state index contributed by atoms with van der Waals surface area (Å²) in [5.74, 6) is -2.05. The maximum atomic E-state index is 12.2. The van der Waals surface area contributed by atoms with Crippen LogP contribution in [-0.4, -0.2) is 29.5 Å². The van der Waals surface area contributed by atoms with E-state index in [0.29, 0.717) is 0 Å². The number of methoxy groups -OCH3 is 1. The summed E-state index contributed by atoms with van der Waals surface area (Å²) in [6.45, 7) is -0.297. The van der Waals surface area contributed by atoms with Gasteiger partial charge < -0.3 is 20.3 Å². The SMILES string of the molecule is COc1cc(CC(=O)O)nc(OC(F)(F)F)c1CN. The Morgan fingerprint density at radius 1 is 1.53 bits per heavy atom. The number of halogens is 3. The van der Waals surface area contributed by atoms with Crippen molar-refractivity contribution in [3.8, 4) is 11.6 Å². The van der Waals surface area contributed by atoms with Crippen molar-refractivity contribution in [3.05, 3.63) is 17.3 Å². The van der Waals surface area contributed by atoms with Crippen LogP contribution in [0.1, 0.15) is 11.3 Å². The Hall–Kier alpha value is -2.03. The molecular formula is C10H11F3N2O4. The van der Waals surface area contributed by atoms with Gasteiger partial charge in [0.1, 0.15) is 5.75 Å². The highest BCUT2D eigenvalue weighted by molar-refractivity contribution is 5.70. The number of ether oxygens (including phenoxy) is 2. The van der Waals surface area contributed by atoms with Crippen molar-refractivity contribution in [2.24, 2.45) is 5.73 Å². The Balaban J connectivity index is 3.27. The number of nitrogens with two attached hydrogens (primary N) is 1. The lowest BCUT2D eigenvalue weighted by Crippen LogP contribution is -2.20. The molecule has 0 saturated heterocycles. The summed E-state index contributed by atoms with van der Waals surface area (Å²) in [5.41, 5.74) is 5.10. The minimum absolute atomic E-state index is 0.00648.